The summed E-state index contributed by atoms with van der Waals surface area (Å²) in [4.78, 5) is 13.0. The number of hydrogen-bond donors (Lipinski definition) is 0. The fourth-order valence-corrected chi connectivity index (χ4v) is 1.76. The van der Waals surface area contributed by atoms with Gasteiger partial charge in [0.25, 0.3) is 0 Å². The molecule has 0 saturated heterocycles. The van der Waals surface area contributed by atoms with Crippen molar-refractivity contribution in [3.05, 3.63) is 35.4 Å². The van der Waals surface area contributed by atoms with Gasteiger partial charge in [-0.25, -0.2) is 0 Å². The molecule has 0 spiro atoms. The number of carbonyl (C=O) groups is 1. The van der Waals surface area contributed by atoms with E-state index in [9.17, 15) is 4.79 Å². The van der Waals surface area contributed by atoms with Crippen LogP contribution in [0, 0.1) is 0 Å². The first-order chi connectivity index (χ1) is 7.49. The number of hydrogen-bond acceptors (Lipinski definition) is 2. The summed E-state index contributed by atoms with van der Waals surface area (Å²) in [7, 11) is 1.97. The number of benzene rings is 1. The van der Waals surface area contributed by atoms with Crippen molar-refractivity contribution in [2.75, 3.05) is 13.6 Å². The van der Waals surface area contributed by atoms with Crippen LogP contribution in [0.1, 0.15) is 37.8 Å². The first kappa shape index (κ1) is 12.9. The molecule has 1 rings (SSSR count). The van der Waals surface area contributed by atoms with E-state index in [2.05, 4.69) is 38.1 Å². The standard InChI is InChI=1S/C14H21NO/c1-11(2)14-7-5-13(6-8-14)10-15(4)9-12(3)16/h5-8,11H,9-10H2,1-4H3. The lowest BCUT2D eigenvalue weighted by Gasteiger charge is -2.15. The number of rotatable bonds is 5. The summed E-state index contributed by atoms with van der Waals surface area (Å²) in [5.41, 5.74) is 2.62. The summed E-state index contributed by atoms with van der Waals surface area (Å²) >= 11 is 0. The highest BCUT2D eigenvalue weighted by atomic mass is 16.1. The van der Waals surface area contributed by atoms with Crippen LogP contribution in [0.15, 0.2) is 24.3 Å². The second-order valence-electron chi connectivity index (χ2n) is 4.77. The van der Waals surface area contributed by atoms with Gasteiger partial charge >= 0.3 is 0 Å². The number of Topliss-reactive ketones (excluding diaryl/α,β-unsaturated/α-hetero) is 1. The molecule has 88 valence electrons. The van der Waals surface area contributed by atoms with E-state index < -0.39 is 0 Å². The summed E-state index contributed by atoms with van der Waals surface area (Å²) in [5.74, 6) is 0.783. The minimum Gasteiger partial charge on any atom is -0.299 e. The number of likely N-dealkylation sites (N-methyl/N-ethyl adjacent to an activating group) is 1. The van der Waals surface area contributed by atoms with E-state index in [0.29, 0.717) is 12.5 Å². The first-order valence-electron chi connectivity index (χ1n) is 5.76. The zero-order valence-electron chi connectivity index (χ0n) is 10.7. The molecule has 0 saturated carbocycles. The molecule has 0 aromatic heterocycles. The summed E-state index contributed by atoms with van der Waals surface area (Å²) in [5, 5.41) is 0. The average molecular weight is 219 g/mol. The van der Waals surface area contributed by atoms with Gasteiger partial charge in [0.15, 0.2) is 0 Å². The van der Waals surface area contributed by atoms with E-state index in [1.165, 1.54) is 11.1 Å². The van der Waals surface area contributed by atoms with E-state index in [0.717, 1.165) is 6.54 Å². The molecule has 2 nitrogen and oxygen atoms in total. The van der Waals surface area contributed by atoms with Crippen LogP contribution in [-0.2, 0) is 11.3 Å². The Balaban J connectivity index is 2.58. The molecule has 0 atom stereocenters. The van der Waals surface area contributed by atoms with Gasteiger partial charge in [-0.05, 0) is 31.0 Å². The van der Waals surface area contributed by atoms with Gasteiger partial charge in [0.05, 0.1) is 6.54 Å². The predicted molar refractivity (Wildman–Crippen MR) is 67.5 cm³/mol. The molecule has 1 aromatic carbocycles. The smallest absolute Gasteiger partial charge is 0.143 e. The third-order valence-electron chi connectivity index (χ3n) is 2.59. The van der Waals surface area contributed by atoms with E-state index in [-0.39, 0.29) is 5.78 Å². The molecular weight excluding hydrogens is 198 g/mol. The quantitative estimate of drug-likeness (QED) is 0.759. The molecule has 0 fully saturated rings. The molecule has 0 heterocycles. The monoisotopic (exact) mass is 219 g/mol. The second-order valence-corrected chi connectivity index (χ2v) is 4.77. The van der Waals surface area contributed by atoms with Crippen LogP contribution in [0.3, 0.4) is 0 Å². The van der Waals surface area contributed by atoms with Gasteiger partial charge in [-0.3, -0.25) is 9.69 Å². The lowest BCUT2D eigenvalue weighted by Crippen LogP contribution is -2.23. The minimum atomic E-state index is 0.210. The lowest BCUT2D eigenvalue weighted by atomic mass is 10.0. The molecule has 0 N–H and O–H groups in total. The Morgan fingerprint density at radius 2 is 1.81 bits per heavy atom. The number of carbonyl (C=O) groups excluding carboxylic acids is 1. The van der Waals surface area contributed by atoms with Crippen molar-refractivity contribution in [1.29, 1.82) is 0 Å². The Labute approximate surface area is 98.3 Å². The van der Waals surface area contributed by atoms with Crippen LogP contribution < -0.4 is 0 Å². The molecule has 0 aliphatic carbocycles. The Morgan fingerprint density at radius 1 is 1.25 bits per heavy atom. The fraction of sp³-hybridized carbons (Fsp3) is 0.500. The summed E-state index contributed by atoms with van der Waals surface area (Å²) in [6.45, 7) is 7.36. The highest BCUT2D eigenvalue weighted by Crippen LogP contribution is 2.15. The van der Waals surface area contributed by atoms with Crippen molar-refractivity contribution in [1.82, 2.24) is 4.90 Å². The van der Waals surface area contributed by atoms with Crippen molar-refractivity contribution < 1.29 is 4.79 Å². The summed E-state index contributed by atoms with van der Waals surface area (Å²) < 4.78 is 0. The zero-order chi connectivity index (χ0) is 12.1. The largest absolute Gasteiger partial charge is 0.299 e. The normalized spacial score (nSPS) is 11.1. The average Bonchev–Trinajstić information content (AvgIpc) is 2.16. The maximum absolute atomic E-state index is 10.9. The van der Waals surface area contributed by atoms with Gasteiger partial charge in [0.2, 0.25) is 0 Å². The molecule has 0 unspecified atom stereocenters. The Bertz CT molecular complexity index is 340. The predicted octanol–water partition coefficient (Wildman–Crippen LogP) is 2.83. The molecule has 0 aliphatic heterocycles. The van der Waals surface area contributed by atoms with Gasteiger partial charge in [-0.1, -0.05) is 38.1 Å². The SMILES string of the molecule is CC(=O)CN(C)Cc1ccc(C(C)C)cc1. The van der Waals surface area contributed by atoms with Gasteiger partial charge in [-0.15, -0.1) is 0 Å². The number of ketones is 1. The minimum absolute atomic E-state index is 0.210. The van der Waals surface area contributed by atoms with E-state index in [4.69, 9.17) is 0 Å². The molecule has 0 radical (unpaired) electrons. The maximum Gasteiger partial charge on any atom is 0.143 e. The van der Waals surface area contributed by atoms with E-state index in [1.807, 2.05) is 11.9 Å². The van der Waals surface area contributed by atoms with Crippen molar-refractivity contribution in [2.45, 2.75) is 33.2 Å². The zero-order valence-corrected chi connectivity index (χ0v) is 10.7. The maximum atomic E-state index is 10.9. The van der Waals surface area contributed by atoms with Crippen LogP contribution in [0.5, 0.6) is 0 Å². The highest BCUT2D eigenvalue weighted by Gasteiger charge is 2.04. The van der Waals surface area contributed by atoms with Crippen molar-refractivity contribution in [3.63, 3.8) is 0 Å². The third-order valence-corrected chi connectivity index (χ3v) is 2.59. The van der Waals surface area contributed by atoms with E-state index >= 15 is 0 Å². The summed E-state index contributed by atoms with van der Waals surface area (Å²) in [6.07, 6.45) is 0. The molecule has 0 aliphatic rings. The van der Waals surface area contributed by atoms with Crippen LogP contribution >= 0.6 is 0 Å². The van der Waals surface area contributed by atoms with E-state index in [1.54, 1.807) is 6.92 Å². The van der Waals surface area contributed by atoms with Gasteiger partial charge in [-0.2, -0.15) is 0 Å². The van der Waals surface area contributed by atoms with Gasteiger partial charge < -0.3 is 0 Å². The number of nitrogens with zero attached hydrogens (tertiary/aromatic N) is 1. The molecule has 2 heteroatoms. The Morgan fingerprint density at radius 3 is 2.25 bits per heavy atom. The molecule has 1 aromatic rings. The topological polar surface area (TPSA) is 20.3 Å². The first-order valence-corrected chi connectivity index (χ1v) is 5.76. The Hall–Kier alpha value is -1.15. The van der Waals surface area contributed by atoms with Gasteiger partial charge in [0, 0.05) is 6.54 Å². The van der Waals surface area contributed by atoms with Crippen LogP contribution in [0.2, 0.25) is 0 Å². The fourth-order valence-electron chi connectivity index (χ4n) is 1.76. The lowest BCUT2D eigenvalue weighted by molar-refractivity contribution is -0.117. The van der Waals surface area contributed by atoms with Crippen LogP contribution in [0.25, 0.3) is 0 Å². The molecule has 0 bridgehead atoms. The molecule has 16 heavy (non-hydrogen) atoms. The Kier molecular flexibility index (Phi) is 4.69. The molecule has 0 amide bonds. The third kappa shape index (κ3) is 4.15. The van der Waals surface area contributed by atoms with Crippen molar-refractivity contribution >= 4 is 5.78 Å². The van der Waals surface area contributed by atoms with Crippen LogP contribution in [-0.4, -0.2) is 24.3 Å². The van der Waals surface area contributed by atoms with Crippen molar-refractivity contribution in [3.8, 4) is 0 Å². The second kappa shape index (κ2) is 5.80. The van der Waals surface area contributed by atoms with Crippen LogP contribution in [0.4, 0.5) is 0 Å². The molecular formula is C14H21NO. The van der Waals surface area contributed by atoms with Gasteiger partial charge in [0.1, 0.15) is 5.78 Å². The van der Waals surface area contributed by atoms with Crippen molar-refractivity contribution in [2.24, 2.45) is 0 Å². The summed E-state index contributed by atoms with van der Waals surface area (Å²) in [6, 6.07) is 8.63. The highest BCUT2D eigenvalue weighted by molar-refractivity contribution is 5.77.